The van der Waals surface area contributed by atoms with Crippen LogP contribution in [0.3, 0.4) is 0 Å². The molecule has 2 aliphatic heterocycles. The van der Waals surface area contributed by atoms with Crippen LogP contribution in [0.1, 0.15) is 46.3 Å². The van der Waals surface area contributed by atoms with Crippen molar-refractivity contribution in [2.45, 2.75) is 56.2 Å². The summed E-state index contributed by atoms with van der Waals surface area (Å²) in [6.45, 7) is 0. The maximum atomic E-state index is 13.9. The molecule has 1 aliphatic carbocycles. The summed E-state index contributed by atoms with van der Waals surface area (Å²) >= 11 is 0. The van der Waals surface area contributed by atoms with E-state index in [0.717, 1.165) is 36.8 Å². The van der Waals surface area contributed by atoms with Crippen LogP contribution in [0.25, 0.3) is 0 Å². The average molecular weight is 510 g/mol. The van der Waals surface area contributed by atoms with Gasteiger partial charge in [-0.2, -0.15) is 26.3 Å². The third-order valence-electron chi connectivity index (χ3n) is 7.06. The van der Waals surface area contributed by atoms with Crippen molar-refractivity contribution in [3.63, 3.8) is 0 Å². The Kier molecular flexibility index (Phi) is 5.66. The number of nitrogens with one attached hydrogen (secondary N) is 1. The number of carbonyl (C=O) groups is 2. The number of fused-ring (bicyclic) bond motifs is 3. The van der Waals surface area contributed by atoms with Gasteiger partial charge in [0.25, 0.3) is 5.91 Å². The maximum Gasteiger partial charge on any atom is 0.418 e. The van der Waals surface area contributed by atoms with Crippen LogP contribution < -0.4 is 10.2 Å². The molecule has 2 aromatic carbocycles. The molecule has 3 aliphatic rings. The molecule has 2 fully saturated rings. The largest absolute Gasteiger partial charge is 0.418 e. The number of alkyl halides is 6. The summed E-state index contributed by atoms with van der Waals surface area (Å²) in [7, 11) is 0. The Bertz CT molecular complexity index is 1280. The Morgan fingerprint density at radius 1 is 1.00 bits per heavy atom. The number of nitrogens with zero attached hydrogens (tertiary/aromatic N) is 1. The first kappa shape index (κ1) is 24.4. The molecule has 0 saturated carbocycles. The number of hydrogen-bond acceptors (Lipinski definition) is 4. The summed E-state index contributed by atoms with van der Waals surface area (Å²) in [6.07, 6.45) is -7.51. The number of rotatable bonds is 3. The van der Waals surface area contributed by atoms with Crippen molar-refractivity contribution in [1.29, 1.82) is 0 Å². The zero-order valence-electron chi connectivity index (χ0n) is 18.6. The van der Waals surface area contributed by atoms with Gasteiger partial charge >= 0.3 is 12.4 Å². The van der Waals surface area contributed by atoms with Crippen molar-refractivity contribution in [1.82, 2.24) is 0 Å². The zero-order chi connectivity index (χ0) is 26.0. The predicted molar refractivity (Wildman–Crippen MR) is 118 cm³/mol. The lowest BCUT2D eigenvalue weighted by molar-refractivity contribution is -0.138. The molecule has 0 spiro atoms. The molecule has 2 N–H and O–H groups in total. The number of halogens is 6. The number of amides is 1. The van der Waals surface area contributed by atoms with Gasteiger partial charge in [0.05, 0.1) is 34.5 Å². The van der Waals surface area contributed by atoms with E-state index in [9.17, 15) is 41.0 Å². The normalized spacial score (nSPS) is 23.5. The maximum absolute atomic E-state index is 13.9. The minimum absolute atomic E-state index is 0.0779. The van der Waals surface area contributed by atoms with Gasteiger partial charge in [-0.05, 0) is 55.5 Å². The highest BCUT2D eigenvalue weighted by molar-refractivity contribution is 6.30. The van der Waals surface area contributed by atoms with E-state index in [1.54, 1.807) is 4.90 Å². The Morgan fingerprint density at radius 3 is 2.33 bits per heavy atom. The quantitative estimate of drug-likeness (QED) is 0.444. The first-order valence-corrected chi connectivity index (χ1v) is 11.3. The van der Waals surface area contributed by atoms with Crippen molar-refractivity contribution in [3.05, 3.63) is 70.3 Å². The van der Waals surface area contributed by atoms with Crippen LogP contribution in [-0.4, -0.2) is 35.0 Å². The summed E-state index contributed by atoms with van der Waals surface area (Å²) in [6, 6.07) is 6.16. The average Bonchev–Trinajstić information content (AvgIpc) is 3.34. The minimum Gasteiger partial charge on any atom is -0.391 e. The number of anilines is 2. The van der Waals surface area contributed by atoms with Gasteiger partial charge in [-0.1, -0.05) is 18.2 Å². The Hall–Kier alpha value is -3.34. The fourth-order valence-electron chi connectivity index (χ4n) is 5.50. The van der Waals surface area contributed by atoms with E-state index in [1.165, 1.54) is 12.1 Å². The van der Waals surface area contributed by atoms with E-state index in [0.29, 0.717) is 12.8 Å². The first-order chi connectivity index (χ1) is 16.9. The first-order valence-electron chi connectivity index (χ1n) is 11.3. The van der Waals surface area contributed by atoms with Crippen LogP contribution in [0.5, 0.6) is 0 Å². The van der Waals surface area contributed by atoms with Crippen LogP contribution in [0.15, 0.2) is 48.0 Å². The number of benzene rings is 2. The summed E-state index contributed by atoms with van der Waals surface area (Å²) in [5.41, 5.74) is -3.98. The number of hydrogen-bond donors (Lipinski definition) is 2. The predicted octanol–water partition coefficient (Wildman–Crippen LogP) is 5.13. The van der Waals surface area contributed by atoms with Crippen molar-refractivity contribution in [2.24, 2.45) is 0 Å². The van der Waals surface area contributed by atoms with Crippen molar-refractivity contribution >= 4 is 23.1 Å². The zero-order valence-corrected chi connectivity index (χ0v) is 18.6. The van der Waals surface area contributed by atoms with E-state index >= 15 is 0 Å². The number of ketones is 1. The van der Waals surface area contributed by atoms with E-state index in [2.05, 4.69) is 5.32 Å². The molecule has 5 rings (SSSR count). The number of aliphatic hydroxyl groups excluding tert-OH is 1. The van der Waals surface area contributed by atoms with Crippen molar-refractivity contribution in [2.75, 3.05) is 10.2 Å². The lowest BCUT2D eigenvalue weighted by atomic mass is 9.86. The lowest BCUT2D eigenvalue weighted by Gasteiger charge is -2.27. The molecule has 2 saturated heterocycles. The second-order valence-corrected chi connectivity index (χ2v) is 9.18. The summed E-state index contributed by atoms with van der Waals surface area (Å²) in [4.78, 5) is 27.4. The van der Waals surface area contributed by atoms with Crippen LogP contribution >= 0.6 is 0 Å². The second kappa shape index (κ2) is 8.36. The molecule has 0 aromatic heterocycles. The fraction of sp³-hybridized carbons (Fsp3) is 0.360. The van der Waals surface area contributed by atoms with Crippen LogP contribution in [0.2, 0.25) is 0 Å². The molecule has 36 heavy (non-hydrogen) atoms. The highest BCUT2D eigenvalue weighted by Crippen LogP contribution is 2.44. The number of Topliss-reactive ketones (excluding diaryl/α,β-unsaturated/α-hetero) is 1. The molecule has 3 atom stereocenters. The Morgan fingerprint density at radius 2 is 1.72 bits per heavy atom. The second-order valence-electron chi connectivity index (χ2n) is 9.18. The number of carbonyl (C=O) groups excluding carboxylic acids is 2. The molecular formula is C25H20F6N2O3. The van der Waals surface area contributed by atoms with Gasteiger partial charge in [0, 0.05) is 17.3 Å². The van der Waals surface area contributed by atoms with Crippen molar-refractivity contribution < 1.29 is 41.0 Å². The summed E-state index contributed by atoms with van der Waals surface area (Å²) in [5, 5.41) is 12.2. The molecular weight excluding hydrogens is 490 g/mol. The van der Waals surface area contributed by atoms with Gasteiger partial charge in [0.2, 0.25) is 0 Å². The monoisotopic (exact) mass is 510 g/mol. The SMILES string of the molecule is O=C(Nc1ccc(N2C3CCC2[C@H](O)C3)cc1C(F)(F)F)C1=CCc2cccc(C(F)(F)F)c2C1=O. The highest BCUT2D eigenvalue weighted by atomic mass is 19.4. The van der Waals surface area contributed by atoms with Gasteiger partial charge in [-0.3, -0.25) is 9.59 Å². The van der Waals surface area contributed by atoms with Crippen LogP contribution in [0, 0.1) is 0 Å². The van der Waals surface area contributed by atoms with Crippen LogP contribution in [-0.2, 0) is 23.6 Å². The Balaban J connectivity index is 1.45. The van der Waals surface area contributed by atoms with E-state index in [4.69, 9.17) is 0 Å². The minimum atomic E-state index is -4.86. The molecule has 2 unspecified atom stereocenters. The Labute approximate surface area is 201 Å². The number of allylic oxidation sites excluding steroid dienone is 1. The number of aliphatic hydroxyl groups is 1. The van der Waals surface area contributed by atoms with E-state index in [-0.39, 0.29) is 29.8 Å². The van der Waals surface area contributed by atoms with Gasteiger partial charge in [-0.15, -0.1) is 0 Å². The summed E-state index contributed by atoms with van der Waals surface area (Å²) < 4.78 is 82.1. The molecule has 0 radical (unpaired) electrons. The fourth-order valence-corrected chi connectivity index (χ4v) is 5.50. The van der Waals surface area contributed by atoms with Crippen molar-refractivity contribution in [3.8, 4) is 0 Å². The van der Waals surface area contributed by atoms with Gasteiger partial charge < -0.3 is 15.3 Å². The topological polar surface area (TPSA) is 69.6 Å². The molecule has 1 amide bonds. The standard InChI is InChI=1S/C25H20F6N2O3/c26-24(27,28)16-3-1-2-12-4-7-15(22(35)21(12)16)23(36)32-18-8-5-13(10-17(18)25(29,30)31)33-14-6-9-19(33)20(34)11-14/h1-3,5,7-8,10,14,19-20,34H,4,6,9,11H2,(H,32,36)/t14?,19?,20-/m1/s1. The van der Waals surface area contributed by atoms with E-state index in [1.807, 2.05) is 0 Å². The highest BCUT2D eigenvalue weighted by Gasteiger charge is 2.46. The third-order valence-corrected chi connectivity index (χ3v) is 7.06. The molecule has 5 nitrogen and oxygen atoms in total. The van der Waals surface area contributed by atoms with E-state index < -0.39 is 58.1 Å². The van der Waals surface area contributed by atoms with Gasteiger partial charge in [0.1, 0.15) is 0 Å². The molecule has 190 valence electrons. The van der Waals surface area contributed by atoms with Gasteiger partial charge in [-0.25, -0.2) is 0 Å². The third kappa shape index (κ3) is 4.04. The molecule has 2 heterocycles. The smallest absolute Gasteiger partial charge is 0.391 e. The van der Waals surface area contributed by atoms with Crippen LogP contribution in [0.4, 0.5) is 37.7 Å². The van der Waals surface area contributed by atoms with Gasteiger partial charge in [0.15, 0.2) is 5.78 Å². The molecule has 11 heteroatoms. The molecule has 2 aromatic rings. The summed E-state index contributed by atoms with van der Waals surface area (Å²) in [5.74, 6) is -2.42. The molecule has 2 bridgehead atoms. The lowest BCUT2D eigenvalue weighted by Crippen LogP contribution is -2.32.